The topological polar surface area (TPSA) is 48.7 Å². The van der Waals surface area contributed by atoms with Crippen molar-refractivity contribution in [2.75, 3.05) is 14.2 Å². The Morgan fingerprint density at radius 2 is 2.14 bits per heavy atom. The molecule has 0 saturated heterocycles. The van der Waals surface area contributed by atoms with Crippen LogP contribution in [0.25, 0.3) is 5.78 Å². The van der Waals surface area contributed by atoms with E-state index in [1.54, 1.807) is 30.9 Å². The number of ether oxygens (including phenoxy) is 2. The normalized spacial score (nSPS) is 10.5. The smallest absolute Gasteiger partial charge is 0.240 e. The minimum Gasteiger partial charge on any atom is -0.482 e. The Hall–Kier alpha value is -1.30. The lowest BCUT2D eigenvalue weighted by Crippen LogP contribution is -1.98. The van der Waals surface area contributed by atoms with Crippen LogP contribution in [0.3, 0.4) is 0 Å². The van der Waals surface area contributed by atoms with Crippen molar-refractivity contribution >= 4 is 21.7 Å². The largest absolute Gasteiger partial charge is 0.482 e. The highest BCUT2D eigenvalue weighted by Crippen LogP contribution is 2.23. The number of hydrogen-bond acceptors (Lipinski definition) is 4. The van der Waals surface area contributed by atoms with E-state index in [1.165, 1.54) is 0 Å². The van der Waals surface area contributed by atoms with Crippen molar-refractivity contribution in [2.24, 2.45) is 0 Å². The molecule has 0 aliphatic heterocycles. The summed E-state index contributed by atoms with van der Waals surface area (Å²) in [5.41, 5.74) is 0. The molecule has 0 aliphatic rings. The van der Waals surface area contributed by atoms with Crippen molar-refractivity contribution in [3.8, 4) is 11.8 Å². The number of aromatic nitrogens is 3. The summed E-state index contributed by atoms with van der Waals surface area (Å²) in [7, 11) is 3.14. The molecule has 0 atom stereocenters. The molecule has 0 radical (unpaired) electrons. The second-order valence-electron chi connectivity index (χ2n) is 2.56. The van der Waals surface area contributed by atoms with Crippen molar-refractivity contribution in [3.05, 3.63) is 16.9 Å². The van der Waals surface area contributed by atoms with Crippen LogP contribution in [0, 0.1) is 0 Å². The number of methoxy groups -OCH3 is 2. The van der Waals surface area contributed by atoms with Crippen LogP contribution in [0.4, 0.5) is 0 Å². The maximum atomic E-state index is 5.18. The SMILES string of the molecule is COc1cc(OC)n2c(Br)cnc2n1. The number of nitrogens with zero attached hydrogens (tertiary/aromatic N) is 3. The third-order valence-electron chi connectivity index (χ3n) is 1.80. The minimum absolute atomic E-state index is 0.479. The van der Waals surface area contributed by atoms with Gasteiger partial charge in [0.05, 0.1) is 26.5 Å². The lowest BCUT2D eigenvalue weighted by molar-refractivity contribution is 0.369. The van der Waals surface area contributed by atoms with Crippen molar-refractivity contribution < 1.29 is 9.47 Å². The van der Waals surface area contributed by atoms with E-state index in [2.05, 4.69) is 25.9 Å². The van der Waals surface area contributed by atoms with Crippen molar-refractivity contribution in [1.29, 1.82) is 0 Å². The molecule has 0 spiro atoms. The third kappa shape index (κ3) is 1.31. The third-order valence-corrected chi connectivity index (χ3v) is 2.36. The summed E-state index contributed by atoms with van der Waals surface area (Å²) < 4.78 is 12.7. The first-order valence-corrected chi connectivity index (χ1v) is 4.67. The first-order chi connectivity index (χ1) is 6.76. The number of fused-ring (bicyclic) bond motifs is 1. The van der Waals surface area contributed by atoms with Crippen LogP contribution in [0.15, 0.2) is 16.9 Å². The number of imidazole rings is 1. The summed E-state index contributed by atoms with van der Waals surface area (Å²) >= 11 is 3.34. The maximum absolute atomic E-state index is 5.18. The highest BCUT2D eigenvalue weighted by Gasteiger charge is 2.09. The van der Waals surface area contributed by atoms with Gasteiger partial charge in [-0.2, -0.15) is 4.98 Å². The molecule has 0 aliphatic carbocycles. The average Bonchev–Trinajstić information content (AvgIpc) is 2.59. The standard InChI is InChI=1S/C8H8BrN3O2/c1-13-6-3-7(14-2)12-5(9)4-10-8(12)11-6/h3-4H,1-2H3. The fraction of sp³-hybridized carbons (Fsp3) is 0.250. The van der Waals surface area contributed by atoms with Gasteiger partial charge in [0.1, 0.15) is 4.60 Å². The van der Waals surface area contributed by atoms with Gasteiger partial charge in [-0.3, -0.25) is 0 Å². The van der Waals surface area contributed by atoms with Gasteiger partial charge < -0.3 is 9.47 Å². The molecule has 0 fully saturated rings. The summed E-state index contributed by atoms with van der Waals surface area (Å²) in [4.78, 5) is 8.22. The van der Waals surface area contributed by atoms with E-state index in [-0.39, 0.29) is 0 Å². The van der Waals surface area contributed by atoms with Gasteiger partial charge >= 0.3 is 0 Å². The van der Waals surface area contributed by atoms with Gasteiger partial charge in [-0.25, -0.2) is 9.38 Å². The molecule has 0 N–H and O–H groups in total. The molecule has 0 unspecified atom stereocenters. The Labute approximate surface area is 88.8 Å². The fourth-order valence-electron chi connectivity index (χ4n) is 1.16. The molecule has 5 nitrogen and oxygen atoms in total. The maximum Gasteiger partial charge on any atom is 0.240 e. The first-order valence-electron chi connectivity index (χ1n) is 3.88. The molecule has 0 aromatic carbocycles. The van der Waals surface area contributed by atoms with Gasteiger partial charge in [-0.15, -0.1) is 0 Å². The predicted molar refractivity (Wildman–Crippen MR) is 53.8 cm³/mol. The summed E-state index contributed by atoms with van der Waals surface area (Å²) in [6.07, 6.45) is 1.66. The summed E-state index contributed by atoms with van der Waals surface area (Å²) in [5, 5.41) is 0. The molecule has 2 heterocycles. The molecule has 2 rings (SSSR count). The van der Waals surface area contributed by atoms with Gasteiger partial charge in [0.25, 0.3) is 0 Å². The number of halogens is 1. The Balaban J connectivity index is 2.76. The Kier molecular flexibility index (Phi) is 2.28. The summed E-state index contributed by atoms with van der Waals surface area (Å²) in [5.74, 6) is 1.64. The van der Waals surface area contributed by atoms with Crippen LogP contribution >= 0.6 is 15.9 Å². The molecule has 6 heteroatoms. The van der Waals surface area contributed by atoms with E-state index in [0.717, 1.165) is 4.60 Å². The van der Waals surface area contributed by atoms with E-state index < -0.39 is 0 Å². The molecule has 14 heavy (non-hydrogen) atoms. The van der Waals surface area contributed by atoms with Crippen LogP contribution in [0.5, 0.6) is 11.8 Å². The van der Waals surface area contributed by atoms with Crippen LogP contribution in [-0.4, -0.2) is 28.6 Å². The minimum atomic E-state index is 0.479. The number of hydrogen-bond donors (Lipinski definition) is 0. The molecule has 0 amide bonds. The van der Waals surface area contributed by atoms with Gasteiger partial charge in [-0.05, 0) is 15.9 Å². The van der Waals surface area contributed by atoms with Crippen molar-refractivity contribution in [2.45, 2.75) is 0 Å². The molecular formula is C8H8BrN3O2. The molecule has 2 aromatic heterocycles. The lowest BCUT2D eigenvalue weighted by Gasteiger charge is -2.06. The molecule has 2 aromatic rings. The Bertz CT molecular complexity index is 469. The van der Waals surface area contributed by atoms with Gasteiger partial charge in [0.2, 0.25) is 17.5 Å². The molecular weight excluding hydrogens is 250 g/mol. The fourth-order valence-corrected chi connectivity index (χ4v) is 1.60. The summed E-state index contributed by atoms with van der Waals surface area (Å²) in [6, 6.07) is 1.69. The quantitative estimate of drug-likeness (QED) is 0.819. The highest BCUT2D eigenvalue weighted by molar-refractivity contribution is 9.10. The van der Waals surface area contributed by atoms with E-state index >= 15 is 0 Å². The lowest BCUT2D eigenvalue weighted by atomic mass is 10.6. The zero-order chi connectivity index (χ0) is 10.1. The van der Waals surface area contributed by atoms with E-state index in [0.29, 0.717) is 17.5 Å². The van der Waals surface area contributed by atoms with Gasteiger partial charge in [0.15, 0.2) is 0 Å². The highest BCUT2D eigenvalue weighted by atomic mass is 79.9. The van der Waals surface area contributed by atoms with Crippen LogP contribution < -0.4 is 9.47 Å². The zero-order valence-corrected chi connectivity index (χ0v) is 9.28. The van der Waals surface area contributed by atoms with Crippen LogP contribution in [0.1, 0.15) is 0 Å². The first kappa shape index (κ1) is 9.26. The predicted octanol–water partition coefficient (Wildman–Crippen LogP) is 1.51. The Morgan fingerprint density at radius 3 is 2.79 bits per heavy atom. The van der Waals surface area contributed by atoms with E-state index in [9.17, 15) is 0 Å². The molecule has 0 bridgehead atoms. The van der Waals surface area contributed by atoms with Gasteiger partial charge in [-0.1, -0.05) is 0 Å². The van der Waals surface area contributed by atoms with E-state index in [4.69, 9.17) is 9.47 Å². The number of rotatable bonds is 2. The average molecular weight is 258 g/mol. The monoisotopic (exact) mass is 257 g/mol. The molecule has 0 saturated carbocycles. The summed E-state index contributed by atoms with van der Waals surface area (Å²) in [6.45, 7) is 0. The second kappa shape index (κ2) is 3.45. The second-order valence-corrected chi connectivity index (χ2v) is 3.37. The Morgan fingerprint density at radius 1 is 1.36 bits per heavy atom. The molecule has 74 valence electrons. The van der Waals surface area contributed by atoms with Crippen molar-refractivity contribution in [1.82, 2.24) is 14.4 Å². The van der Waals surface area contributed by atoms with Crippen LogP contribution in [0.2, 0.25) is 0 Å². The zero-order valence-electron chi connectivity index (χ0n) is 7.69. The van der Waals surface area contributed by atoms with Crippen molar-refractivity contribution in [3.63, 3.8) is 0 Å². The van der Waals surface area contributed by atoms with Gasteiger partial charge in [0, 0.05) is 0 Å². The van der Waals surface area contributed by atoms with Crippen LogP contribution in [-0.2, 0) is 0 Å². The van der Waals surface area contributed by atoms with E-state index in [1.807, 2.05) is 0 Å².